The molecular formula is C14H10ClFN2O3. The quantitative estimate of drug-likeness (QED) is 0.760. The third kappa shape index (κ3) is 3.11. The Morgan fingerprint density at radius 2 is 1.95 bits per heavy atom. The van der Waals surface area contributed by atoms with Crippen molar-refractivity contribution in [3.63, 3.8) is 0 Å². The number of benzene rings is 2. The van der Waals surface area contributed by atoms with Crippen LogP contribution in [0.25, 0.3) is 0 Å². The van der Waals surface area contributed by atoms with Crippen molar-refractivity contribution in [2.75, 3.05) is 11.1 Å². The molecule has 2 aromatic carbocycles. The Morgan fingerprint density at radius 1 is 1.24 bits per heavy atom. The van der Waals surface area contributed by atoms with Gasteiger partial charge in [-0.15, -0.1) is 0 Å². The van der Waals surface area contributed by atoms with Crippen LogP contribution >= 0.6 is 11.6 Å². The van der Waals surface area contributed by atoms with E-state index in [1.807, 2.05) is 0 Å². The van der Waals surface area contributed by atoms with Crippen LogP contribution in [0.15, 0.2) is 36.4 Å². The van der Waals surface area contributed by atoms with Crippen LogP contribution in [-0.2, 0) is 0 Å². The normalized spacial score (nSPS) is 10.2. The number of carbonyl (C=O) groups is 2. The first-order chi connectivity index (χ1) is 9.90. The van der Waals surface area contributed by atoms with Gasteiger partial charge in [0.1, 0.15) is 5.82 Å². The highest BCUT2D eigenvalue weighted by Gasteiger charge is 2.17. The molecule has 0 aromatic heterocycles. The number of nitrogen functional groups attached to an aromatic ring is 1. The lowest BCUT2D eigenvalue weighted by Crippen LogP contribution is -2.16. The van der Waals surface area contributed by atoms with Gasteiger partial charge in [0.25, 0.3) is 5.91 Å². The summed E-state index contributed by atoms with van der Waals surface area (Å²) in [6.07, 6.45) is 0. The maximum atomic E-state index is 13.7. The van der Waals surface area contributed by atoms with Gasteiger partial charge in [-0.2, -0.15) is 0 Å². The average molecular weight is 309 g/mol. The van der Waals surface area contributed by atoms with E-state index in [1.165, 1.54) is 30.3 Å². The predicted octanol–water partition coefficient (Wildman–Crippen LogP) is 3.01. The molecule has 0 bridgehead atoms. The number of para-hydroxylation sites is 1. The summed E-state index contributed by atoms with van der Waals surface area (Å²) >= 11 is 5.74. The van der Waals surface area contributed by atoms with Crippen molar-refractivity contribution in [1.82, 2.24) is 0 Å². The minimum Gasteiger partial charge on any atom is -0.478 e. The second-order valence-electron chi connectivity index (χ2n) is 4.16. The molecule has 2 aromatic rings. The van der Waals surface area contributed by atoms with Gasteiger partial charge >= 0.3 is 5.97 Å². The Bertz CT molecular complexity index is 734. The summed E-state index contributed by atoms with van der Waals surface area (Å²) in [7, 11) is 0. The summed E-state index contributed by atoms with van der Waals surface area (Å²) in [4.78, 5) is 23.1. The topological polar surface area (TPSA) is 92.4 Å². The van der Waals surface area contributed by atoms with Gasteiger partial charge < -0.3 is 16.2 Å². The van der Waals surface area contributed by atoms with Gasteiger partial charge in [0.15, 0.2) is 0 Å². The largest absolute Gasteiger partial charge is 0.478 e. The Labute approximate surface area is 124 Å². The number of carboxylic acids is 1. The Hall–Kier alpha value is -2.60. The number of anilines is 2. The standard InChI is InChI=1S/C14H10ClFN2O3/c15-9-5-4-7(6-11(9)17)13(19)18-12-8(14(20)21)2-1-3-10(12)16/h1-6H,17H2,(H,18,19)(H,20,21). The van der Waals surface area contributed by atoms with E-state index >= 15 is 0 Å². The molecule has 0 spiro atoms. The monoisotopic (exact) mass is 308 g/mol. The number of hydrogen-bond donors (Lipinski definition) is 3. The molecule has 0 aliphatic heterocycles. The van der Waals surface area contributed by atoms with E-state index in [9.17, 15) is 14.0 Å². The Kier molecular flexibility index (Phi) is 4.09. The zero-order chi connectivity index (χ0) is 15.6. The lowest BCUT2D eigenvalue weighted by molar-refractivity contribution is 0.0697. The molecule has 108 valence electrons. The summed E-state index contributed by atoms with van der Waals surface area (Å²) in [6, 6.07) is 7.63. The van der Waals surface area contributed by atoms with Crippen LogP contribution in [0.3, 0.4) is 0 Å². The summed E-state index contributed by atoms with van der Waals surface area (Å²) in [5.41, 5.74) is 5.16. The summed E-state index contributed by atoms with van der Waals surface area (Å²) < 4.78 is 13.7. The maximum absolute atomic E-state index is 13.7. The van der Waals surface area contributed by atoms with E-state index in [4.69, 9.17) is 22.4 Å². The Morgan fingerprint density at radius 3 is 2.57 bits per heavy atom. The molecule has 21 heavy (non-hydrogen) atoms. The molecule has 0 radical (unpaired) electrons. The van der Waals surface area contributed by atoms with Crippen molar-refractivity contribution in [3.8, 4) is 0 Å². The van der Waals surface area contributed by atoms with Crippen molar-refractivity contribution in [1.29, 1.82) is 0 Å². The molecule has 0 saturated heterocycles. The van der Waals surface area contributed by atoms with Crippen molar-refractivity contribution in [2.45, 2.75) is 0 Å². The number of nitrogens with two attached hydrogens (primary N) is 1. The van der Waals surface area contributed by atoms with Gasteiger partial charge in [0, 0.05) is 5.56 Å². The van der Waals surface area contributed by atoms with Crippen molar-refractivity contribution in [2.24, 2.45) is 0 Å². The molecule has 0 saturated carbocycles. The molecule has 7 heteroatoms. The summed E-state index contributed by atoms with van der Waals surface area (Å²) in [6.45, 7) is 0. The van der Waals surface area contributed by atoms with Crippen molar-refractivity contribution >= 4 is 34.9 Å². The number of carboxylic acid groups (broad SMARTS) is 1. The van der Waals surface area contributed by atoms with Crippen LogP contribution in [0.5, 0.6) is 0 Å². The molecule has 4 N–H and O–H groups in total. The van der Waals surface area contributed by atoms with E-state index in [0.29, 0.717) is 0 Å². The second kappa shape index (κ2) is 5.80. The van der Waals surface area contributed by atoms with Gasteiger partial charge in [0.2, 0.25) is 0 Å². The fourth-order valence-corrected chi connectivity index (χ4v) is 1.82. The zero-order valence-electron chi connectivity index (χ0n) is 10.6. The van der Waals surface area contributed by atoms with Gasteiger partial charge in [-0.3, -0.25) is 4.79 Å². The zero-order valence-corrected chi connectivity index (χ0v) is 11.3. The molecule has 0 unspecified atom stereocenters. The predicted molar refractivity (Wildman–Crippen MR) is 77.2 cm³/mol. The number of hydrogen-bond acceptors (Lipinski definition) is 3. The minimum atomic E-state index is -1.35. The molecule has 1 amide bonds. The van der Waals surface area contributed by atoms with Gasteiger partial charge in [-0.1, -0.05) is 17.7 Å². The van der Waals surface area contributed by atoms with Crippen LogP contribution in [0.4, 0.5) is 15.8 Å². The van der Waals surface area contributed by atoms with E-state index < -0.39 is 23.4 Å². The molecule has 0 heterocycles. The highest BCUT2D eigenvalue weighted by Crippen LogP contribution is 2.23. The third-order valence-corrected chi connectivity index (χ3v) is 3.08. The first-order valence-corrected chi connectivity index (χ1v) is 6.16. The van der Waals surface area contributed by atoms with E-state index in [2.05, 4.69) is 5.32 Å². The highest BCUT2D eigenvalue weighted by molar-refractivity contribution is 6.33. The van der Waals surface area contributed by atoms with Crippen LogP contribution in [0.1, 0.15) is 20.7 Å². The number of rotatable bonds is 3. The van der Waals surface area contributed by atoms with Crippen LogP contribution in [-0.4, -0.2) is 17.0 Å². The highest BCUT2D eigenvalue weighted by atomic mass is 35.5. The molecule has 2 rings (SSSR count). The van der Waals surface area contributed by atoms with Gasteiger partial charge in [0.05, 0.1) is 22.0 Å². The first-order valence-electron chi connectivity index (χ1n) is 5.78. The smallest absolute Gasteiger partial charge is 0.337 e. The molecule has 0 aliphatic rings. The fourth-order valence-electron chi connectivity index (χ4n) is 1.70. The fraction of sp³-hybridized carbons (Fsp3) is 0. The number of halogens is 2. The molecular weight excluding hydrogens is 299 g/mol. The van der Waals surface area contributed by atoms with Gasteiger partial charge in [-0.05, 0) is 30.3 Å². The summed E-state index contributed by atoms with van der Waals surface area (Å²) in [5, 5.41) is 11.5. The first kappa shape index (κ1) is 14.8. The minimum absolute atomic E-state index is 0.136. The van der Waals surface area contributed by atoms with E-state index in [1.54, 1.807) is 0 Å². The number of carbonyl (C=O) groups excluding carboxylic acids is 1. The van der Waals surface area contributed by atoms with Crippen LogP contribution in [0.2, 0.25) is 5.02 Å². The SMILES string of the molecule is Nc1cc(C(=O)Nc2c(F)cccc2C(=O)O)ccc1Cl. The molecule has 0 atom stereocenters. The van der Waals surface area contributed by atoms with E-state index in [-0.39, 0.29) is 21.8 Å². The van der Waals surface area contributed by atoms with Crippen LogP contribution < -0.4 is 11.1 Å². The molecule has 5 nitrogen and oxygen atoms in total. The lowest BCUT2D eigenvalue weighted by Gasteiger charge is -2.10. The average Bonchev–Trinajstić information content (AvgIpc) is 2.43. The van der Waals surface area contributed by atoms with Crippen molar-refractivity contribution in [3.05, 3.63) is 58.4 Å². The summed E-state index contributed by atoms with van der Waals surface area (Å²) in [5.74, 6) is -2.88. The Balaban J connectivity index is 2.36. The maximum Gasteiger partial charge on any atom is 0.337 e. The van der Waals surface area contributed by atoms with E-state index in [0.717, 1.165) is 6.07 Å². The number of nitrogens with one attached hydrogen (secondary N) is 1. The molecule has 0 fully saturated rings. The molecule has 0 aliphatic carbocycles. The van der Waals surface area contributed by atoms with Crippen molar-refractivity contribution < 1.29 is 19.1 Å². The third-order valence-electron chi connectivity index (χ3n) is 2.74. The number of amides is 1. The second-order valence-corrected chi connectivity index (χ2v) is 4.57. The van der Waals surface area contributed by atoms with Gasteiger partial charge in [-0.25, -0.2) is 9.18 Å². The lowest BCUT2D eigenvalue weighted by atomic mass is 10.1. The number of aromatic carboxylic acids is 1. The van der Waals surface area contributed by atoms with Crippen LogP contribution in [0, 0.1) is 5.82 Å².